The maximum Gasteiger partial charge on any atom is 0.292 e. The number of hydrogen-bond donors (Lipinski definition) is 0. The minimum absolute atomic E-state index is 0.403. The van der Waals surface area contributed by atoms with Crippen molar-refractivity contribution in [3.8, 4) is 48.0 Å². The molecule has 0 aliphatic rings. The molecule has 0 aromatic heterocycles. The quantitative estimate of drug-likeness (QED) is 0.183. The van der Waals surface area contributed by atoms with Crippen LogP contribution >= 0.6 is 0 Å². The summed E-state index contributed by atoms with van der Waals surface area (Å²) in [6, 6.07) is 25.9. The fourth-order valence-electron chi connectivity index (χ4n) is 4.90. The molecule has 0 spiro atoms. The van der Waals surface area contributed by atoms with Gasteiger partial charge in [-0.3, -0.25) is 0 Å². The van der Waals surface area contributed by atoms with Crippen molar-refractivity contribution < 1.29 is 18.9 Å². The Balaban J connectivity index is 2.00. The molecule has 0 saturated carbocycles. The van der Waals surface area contributed by atoms with E-state index in [2.05, 4.69) is 0 Å². The zero-order valence-corrected chi connectivity index (χ0v) is 21.7. The van der Waals surface area contributed by atoms with Crippen LogP contribution in [0.3, 0.4) is 0 Å². The maximum atomic E-state index is 9.08. The molecular formula is C32H22N4O4. The van der Waals surface area contributed by atoms with Crippen LogP contribution in [-0.2, 0) is 11.8 Å². The third-order valence-electron chi connectivity index (χ3n) is 6.71. The molecule has 0 amide bonds. The van der Waals surface area contributed by atoms with Crippen molar-refractivity contribution in [3.05, 3.63) is 118 Å². The molecule has 4 rings (SSSR count). The van der Waals surface area contributed by atoms with E-state index in [1.165, 1.54) is 0 Å². The van der Waals surface area contributed by atoms with E-state index in [0.29, 0.717) is 29.4 Å². The molecule has 0 fully saturated rings. The number of nitrogens with zero attached hydrogens (tertiary/aromatic N) is 4. The molecule has 40 heavy (non-hydrogen) atoms. The number of aryl methyl sites for hydroxylation is 2. The van der Waals surface area contributed by atoms with Gasteiger partial charge in [-0.25, -0.2) is 0 Å². The standard InChI is InChI=1S/C32H22N4O4/c1-22-15-24(3-13-30(22)39-20-35)17-32(25-4-9-28(10-5-25)37-18-33,26-6-11-29(12-7-26)38-19-34)27-8-14-31(40-21-36)23(2)16-27/h3-16H,17H2,1-2H3. The molecule has 8 heteroatoms. The van der Waals surface area contributed by atoms with Crippen LogP contribution in [0.25, 0.3) is 0 Å². The highest BCUT2D eigenvalue weighted by Crippen LogP contribution is 2.44. The molecule has 0 aliphatic carbocycles. The lowest BCUT2D eigenvalue weighted by molar-refractivity contribution is 0.499. The summed E-state index contributed by atoms with van der Waals surface area (Å²) in [4.78, 5) is 0. The van der Waals surface area contributed by atoms with Gasteiger partial charge in [-0.2, -0.15) is 0 Å². The average Bonchev–Trinajstić information content (AvgIpc) is 2.96. The zero-order valence-electron chi connectivity index (χ0n) is 21.7. The molecule has 0 atom stereocenters. The van der Waals surface area contributed by atoms with E-state index in [1.54, 1.807) is 61.4 Å². The van der Waals surface area contributed by atoms with Crippen LogP contribution in [0.15, 0.2) is 84.9 Å². The number of benzene rings is 4. The Hall–Kier alpha value is -5.96. The van der Waals surface area contributed by atoms with E-state index >= 15 is 0 Å². The van der Waals surface area contributed by atoms with E-state index < -0.39 is 5.41 Å². The van der Waals surface area contributed by atoms with E-state index in [1.807, 2.05) is 62.4 Å². The SMILES string of the molecule is Cc1cc(CC(c2ccc(OC#N)cc2)(c2ccc(OC#N)cc2)c2ccc(OC#N)c(C)c2)ccc1OC#N. The van der Waals surface area contributed by atoms with Gasteiger partial charge in [-0.15, -0.1) is 21.0 Å². The average molecular weight is 527 g/mol. The molecular weight excluding hydrogens is 504 g/mol. The van der Waals surface area contributed by atoms with Crippen LogP contribution in [0.4, 0.5) is 0 Å². The summed E-state index contributed by atoms with van der Waals surface area (Å²) in [7, 11) is 0. The second kappa shape index (κ2) is 12.1. The monoisotopic (exact) mass is 526 g/mol. The predicted octanol–water partition coefficient (Wildman–Crippen LogP) is 6.32. The first kappa shape index (κ1) is 27.1. The highest BCUT2D eigenvalue weighted by molar-refractivity contribution is 5.56. The predicted molar refractivity (Wildman–Crippen MR) is 144 cm³/mol. The Morgan fingerprint density at radius 1 is 0.525 bits per heavy atom. The van der Waals surface area contributed by atoms with E-state index in [-0.39, 0.29) is 0 Å². The molecule has 0 heterocycles. The van der Waals surface area contributed by atoms with Crippen molar-refractivity contribution in [2.45, 2.75) is 25.7 Å². The van der Waals surface area contributed by atoms with Crippen LogP contribution in [0, 0.1) is 59.9 Å². The molecule has 8 nitrogen and oxygen atoms in total. The summed E-state index contributed by atoms with van der Waals surface area (Å²) in [5.74, 6) is 1.73. The largest absolute Gasteiger partial charge is 0.388 e. The third kappa shape index (κ3) is 5.48. The van der Waals surface area contributed by atoms with Gasteiger partial charge in [0.15, 0.2) is 0 Å². The first-order valence-electron chi connectivity index (χ1n) is 12.1. The van der Waals surface area contributed by atoms with E-state index in [4.69, 9.17) is 40.0 Å². The van der Waals surface area contributed by atoms with Gasteiger partial charge in [-0.05, 0) is 90.0 Å². The second-order valence-electron chi connectivity index (χ2n) is 8.98. The van der Waals surface area contributed by atoms with Crippen molar-refractivity contribution in [1.29, 1.82) is 21.0 Å². The zero-order chi connectivity index (χ0) is 28.5. The highest BCUT2D eigenvalue weighted by Gasteiger charge is 2.37. The van der Waals surface area contributed by atoms with Gasteiger partial charge in [0, 0.05) is 5.41 Å². The Morgan fingerprint density at radius 2 is 0.950 bits per heavy atom. The molecule has 0 unspecified atom stereocenters. The van der Waals surface area contributed by atoms with Gasteiger partial charge >= 0.3 is 0 Å². The molecule has 4 aromatic carbocycles. The summed E-state index contributed by atoms with van der Waals surface area (Å²) in [6.07, 6.45) is 7.32. The van der Waals surface area contributed by atoms with Crippen molar-refractivity contribution in [3.63, 3.8) is 0 Å². The topological polar surface area (TPSA) is 132 Å². The summed E-state index contributed by atoms with van der Waals surface area (Å²) in [5, 5.41) is 36.0. The first-order chi connectivity index (χ1) is 19.4. The number of hydrogen-bond acceptors (Lipinski definition) is 8. The molecule has 4 aromatic rings. The van der Waals surface area contributed by atoms with Gasteiger partial charge < -0.3 is 18.9 Å². The molecule has 0 aliphatic heterocycles. The van der Waals surface area contributed by atoms with Gasteiger partial charge in [0.05, 0.1) is 0 Å². The van der Waals surface area contributed by atoms with Gasteiger partial charge in [0.25, 0.3) is 25.0 Å². The van der Waals surface area contributed by atoms with Crippen LogP contribution < -0.4 is 18.9 Å². The van der Waals surface area contributed by atoms with Crippen molar-refractivity contribution in [2.24, 2.45) is 0 Å². The summed E-state index contributed by atoms with van der Waals surface area (Å²) in [6.45, 7) is 3.74. The van der Waals surface area contributed by atoms with Crippen LogP contribution in [0.2, 0.25) is 0 Å². The van der Waals surface area contributed by atoms with Gasteiger partial charge in [0.1, 0.15) is 23.0 Å². The normalized spacial score (nSPS) is 10.2. The number of ether oxygens (including phenoxy) is 4. The van der Waals surface area contributed by atoms with Crippen molar-refractivity contribution in [2.75, 3.05) is 0 Å². The lowest BCUT2D eigenvalue weighted by atomic mass is 9.65. The molecule has 0 radical (unpaired) electrons. The Morgan fingerprint density at radius 3 is 1.38 bits per heavy atom. The first-order valence-corrected chi connectivity index (χ1v) is 12.1. The Labute approximate surface area is 232 Å². The number of nitriles is 4. The highest BCUT2D eigenvalue weighted by atomic mass is 16.5. The fourth-order valence-corrected chi connectivity index (χ4v) is 4.90. The molecule has 0 N–H and O–H groups in total. The summed E-state index contributed by atoms with van der Waals surface area (Å²) < 4.78 is 20.3. The van der Waals surface area contributed by atoms with Crippen LogP contribution in [0.1, 0.15) is 33.4 Å². The minimum Gasteiger partial charge on any atom is -0.388 e. The molecule has 0 bridgehead atoms. The Kier molecular flexibility index (Phi) is 8.16. The minimum atomic E-state index is -0.795. The third-order valence-corrected chi connectivity index (χ3v) is 6.71. The molecule has 194 valence electrons. The lowest BCUT2D eigenvalue weighted by Crippen LogP contribution is -2.32. The van der Waals surface area contributed by atoms with Crippen molar-refractivity contribution >= 4 is 0 Å². The smallest absolute Gasteiger partial charge is 0.292 e. The van der Waals surface area contributed by atoms with E-state index in [9.17, 15) is 0 Å². The Bertz CT molecular complexity index is 1630. The van der Waals surface area contributed by atoms with Crippen LogP contribution in [-0.4, -0.2) is 0 Å². The van der Waals surface area contributed by atoms with Gasteiger partial charge in [0.2, 0.25) is 0 Å². The number of rotatable bonds is 9. The molecule has 0 saturated heterocycles. The second-order valence-corrected chi connectivity index (χ2v) is 8.98. The maximum absolute atomic E-state index is 9.08. The fraction of sp³-hybridized carbons (Fsp3) is 0.125. The van der Waals surface area contributed by atoms with Crippen LogP contribution in [0.5, 0.6) is 23.0 Å². The van der Waals surface area contributed by atoms with Gasteiger partial charge in [-0.1, -0.05) is 48.5 Å². The van der Waals surface area contributed by atoms with Crippen molar-refractivity contribution in [1.82, 2.24) is 0 Å². The summed E-state index contributed by atoms with van der Waals surface area (Å²) in [5.41, 5.74) is 4.45. The lowest BCUT2D eigenvalue weighted by Gasteiger charge is -2.37. The summed E-state index contributed by atoms with van der Waals surface area (Å²) >= 11 is 0. The van der Waals surface area contributed by atoms with E-state index in [0.717, 1.165) is 33.4 Å².